The summed E-state index contributed by atoms with van der Waals surface area (Å²) in [5.74, 6) is 0.780. The number of hydrogen-bond acceptors (Lipinski definition) is 5. The number of aliphatic hydroxyl groups excluding tert-OH is 4. The summed E-state index contributed by atoms with van der Waals surface area (Å²) < 4.78 is 0. The molecule has 4 fully saturated rings. The van der Waals surface area contributed by atoms with Crippen molar-refractivity contribution in [1.82, 2.24) is 0 Å². The molecule has 4 saturated carbocycles. The predicted molar refractivity (Wildman–Crippen MR) is 125 cm³/mol. The molecule has 5 nitrogen and oxygen atoms in total. The molecule has 4 aliphatic carbocycles. The van der Waals surface area contributed by atoms with Crippen LogP contribution in [-0.4, -0.2) is 55.5 Å². The number of aliphatic hydroxyl groups is 5. The Hall–Kier alpha value is -0.200. The normalized spacial score (nSPS) is 52.8. The summed E-state index contributed by atoms with van der Waals surface area (Å²) in [5, 5.41) is 55.4. The lowest BCUT2D eigenvalue weighted by molar-refractivity contribution is -0.263. The van der Waals surface area contributed by atoms with E-state index in [4.69, 9.17) is 0 Å². The maximum atomic E-state index is 12.3. The van der Waals surface area contributed by atoms with Crippen LogP contribution >= 0.6 is 0 Å². The van der Waals surface area contributed by atoms with Crippen molar-refractivity contribution in [2.45, 2.75) is 122 Å². The molecule has 0 amide bonds. The minimum atomic E-state index is -1.06. The van der Waals surface area contributed by atoms with E-state index in [0.717, 1.165) is 38.5 Å². The van der Waals surface area contributed by atoms with Crippen molar-refractivity contribution in [3.63, 3.8) is 0 Å². The molecule has 12 atom stereocenters. The minimum absolute atomic E-state index is 0.0201. The van der Waals surface area contributed by atoms with Crippen LogP contribution in [0.4, 0.5) is 0 Å². The maximum Gasteiger partial charge on any atom is 0.0763 e. The molecular formula is C27H48O5. The average Bonchev–Trinajstić information content (AvgIpc) is 2.98. The Bertz CT molecular complexity index is 683. The van der Waals surface area contributed by atoms with Crippen molar-refractivity contribution >= 4 is 0 Å². The quantitative estimate of drug-likeness (QED) is 0.440. The standard InChI is InChI=1S/C27H48O5/c1-15(2)20(29)7-6-16(3)18-13-21(30)24-26(18,5)11-9-23-25(4)10-8-17(28)12-19(25)22(31)14-27(23,24)32/h15-24,28-32H,6-14H2,1-5H3/t16-,17+,18-,19-,20?,21-,22+,23-,24-,25+,26-,27+/m1/s1. The Morgan fingerprint density at radius 1 is 0.875 bits per heavy atom. The van der Waals surface area contributed by atoms with E-state index in [0.29, 0.717) is 31.1 Å². The van der Waals surface area contributed by atoms with Crippen LogP contribution in [0.3, 0.4) is 0 Å². The summed E-state index contributed by atoms with van der Waals surface area (Å²) in [6.07, 6.45) is 4.97. The predicted octanol–water partition coefficient (Wildman–Crippen LogP) is 3.50. The largest absolute Gasteiger partial charge is 0.393 e. The van der Waals surface area contributed by atoms with Gasteiger partial charge in [0.2, 0.25) is 0 Å². The second-order valence-corrected chi connectivity index (χ2v) is 13.2. The van der Waals surface area contributed by atoms with Crippen LogP contribution in [0.2, 0.25) is 0 Å². The van der Waals surface area contributed by atoms with Gasteiger partial charge in [-0.3, -0.25) is 0 Å². The van der Waals surface area contributed by atoms with Crippen LogP contribution in [0.5, 0.6) is 0 Å². The average molecular weight is 453 g/mol. The molecule has 4 rings (SSSR count). The summed E-state index contributed by atoms with van der Waals surface area (Å²) in [4.78, 5) is 0. The fourth-order valence-electron chi connectivity index (χ4n) is 9.37. The molecule has 0 aromatic rings. The first kappa shape index (κ1) is 24.9. The van der Waals surface area contributed by atoms with Crippen LogP contribution in [0.15, 0.2) is 0 Å². The van der Waals surface area contributed by atoms with Crippen LogP contribution < -0.4 is 0 Å². The molecule has 32 heavy (non-hydrogen) atoms. The van der Waals surface area contributed by atoms with E-state index >= 15 is 0 Å². The zero-order chi connectivity index (χ0) is 23.6. The Labute approximate surface area is 194 Å². The van der Waals surface area contributed by atoms with Gasteiger partial charge in [-0.2, -0.15) is 0 Å². The molecule has 0 heterocycles. The SMILES string of the molecule is CC(C)C(O)CC[C@@H](C)[C@H]1C[C@@H](O)[C@@H]2[C@]1(C)CC[C@@H]1[C@@]3(C)CC[C@H](O)C[C@@H]3[C@@H](O)C[C@]12O. The zero-order valence-corrected chi connectivity index (χ0v) is 20.9. The van der Waals surface area contributed by atoms with Crippen molar-refractivity contribution < 1.29 is 25.5 Å². The Morgan fingerprint density at radius 2 is 1.53 bits per heavy atom. The highest BCUT2D eigenvalue weighted by molar-refractivity contribution is 5.20. The van der Waals surface area contributed by atoms with Crippen molar-refractivity contribution in [3.8, 4) is 0 Å². The molecule has 1 unspecified atom stereocenters. The van der Waals surface area contributed by atoms with Gasteiger partial charge in [0.25, 0.3) is 0 Å². The smallest absolute Gasteiger partial charge is 0.0763 e. The summed E-state index contributed by atoms with van der Waals surface area (Å²) in [5.41, 5.74) is -1.42. The zero-order valence-electron chi connectivity index (χ0n) is 20.9. The monoisotopic (exact) mass is 452 g/mol. The highest BCUT2D eigenvalue weighted by Crippen LogP contribution is 2.69. The Kier molecular flexibility index (Phi) is 6.60. The lowest BCUT2D eigenvalue weighted by Gasteiger charge is -2.66. The summed E-state index contributed by atoms with van der Waals surface area (Å²) in [7, 11) is 0. The van der Waals surface area contributed by atoms with Crippen molar-refractivity contribution in [2.24, 2.45) is 46.3 Å². The summed E-state index contributed by atoms with van der Waals surface area (Å²) >= 11 is 0. The van der Waals surface area contributed by atoms with Gasteiger partial charge in [-0.05, 0) is 91.8 Å². The van der Waals surface area contributed by atoms with Gasteiger partial charge >= 0.3 is 0 Å². The molecule has 0 spiro atoms. The second kappa shape index (κ2) is 8.48. The molecule has 0 saturated heterocycles. The molecule has 5 heteroatoms. The van der Waals surface area contributed by atoms with E-state index < -0.39 is 17.8 Å². The lowest BCUT2D eigenvalue weighted by atomic mass is 9.42. The molecular weight excluding hydrogens is 404 g/mol. The Balaban J connectivity index is 1.59. The first-order chi connectivity index (χ1) is 14.8. The van der Waals surface area contributed by atoms with Crippen molar-refractivity contribution in [2.75, 3.05) is 0 Å². The molecule has 4 aliphatic rings. The van der Waals surface area contributed by atoms with Crippen LogP contribution in [0.25, 0.3) is 0 Å². The van der Waals surface area contributed by atoms with Gasteiger partial charge in [0.15, 0.2) is 0 Å². The van der Waals surface area contributed by atoms with E-state index in [9.17, 15) is 25.5 Å². The molecule has 0 radical (unpaired) electrons. The molecule has 0 aromatic carbocycles. The maximum absolute atomic E-state index is 12.3. The highest BCUT2D eigenvalue weighted by Gasteiger charge is 2.70. The lowest BCUT2D eigenvalue weighted by Crippen LogP contribution is -2.68. The van der Waals surface area contributed by atoms with E-state index in [1.165, 1.54) is 0 Å². The number of rotatable bonds is 5. The third-order valence-corrected chi connectivity index (χ3v) is 11.1. The minimum Gasteiger partial charge on any atom is -0.393 e. The van der Waals surface area contributed by atoms with Gasteiger partial charge in [0, 0.05) is 12.3 Å². The molecule has 5 N–H and O–H groups in total. The van der Waals surface area contributed by atoms with E-state index in [1.807, 2.05) is 0 Å². The van der Waals surface area contributed by atoms with Crippen LogP contribution in [0, 0.1) is 46.3 Å². The molecule has 0 aromatic heterocycles. The van der Waals surface area contributed by atoms with Gasteiger partial charge in [-0.1, -0.05) is 34.6 Å². The van der Waals surface area contributed by atoms with Crippen LogP contribution in [-0.2, 0) is 0 Å². The first-order valence-electron chi connectivity index (χ1n) is 13.3. The van der Waals surface area contributed by atoms with E-state index in [2.05, 4.69) is 34.6 Å². The van der Waals surface area contributed by atoms with Gasteiger partial charge in [0.05, 0.1) is 30.0 Å². The van der Waals surface area contributed by atoms with E-state index in [-0.39, 0.29) is 46.7 Å². The fraction of sp³-hybridized carbons (Fsp3) is 1.00. The topological polar surface area (TPSA) is 101 Å². The third-order valence-electron chi connectivity index (χ3n) is 11.1. The fourth-order valence-corrected chi connectivity index (χ4v) is 9.37. The number of fused-ring (bicyclic) bond motifs is 5. The highest BCUT2D eigenvalue weighted by atomic mass is 16.3. The third kappa shape index (κ3) is 3.69. The van der Waals surface area contributed by atoms with Crippen molar-refractivity contribution in [1.29, 1.82) is 0 Å². The first-order valence-corrected chi connectivity index (χ1v) is 13.3. The van der Waals surface area contributed by atoms with Gasteiger partial charge in [-0.25, -0.2) is 0 Å². The van der Waals surface area contributed by atoms with Crippen LogP contribution in [0.1, 0.15) is 92.4 Å². The van der Waals surface area contributed by atoms with Gasteiger partial charge in [-0.15, -0.1) is 0 Å². The van der Waals surface area contributed by atoms with Gasteiger partial charge < -0.3 is 25.5 Å². The molecule has 0 aliphatic heterocycles. The van der Waals surface area contributed by atoms with Crippen molar-refractivity contribution in [3.05, 3.63) is 0 Å². The summed E-state index contributed by atoms with van der Waals surface area (Å²) in [6.45, 7) is 10.8. The van der Waals surface area contributed by atoms with Gasteiger partial charge in [0.1, 0.15) is 0 Å². The Morgan fingerprint density at radius 3 is 2.19 bits per heavy atom. The molecule has 0 bridgehead atoms. The van der Waals surface area contributed by atoms with E-state index in [1.54, 1.807) is 0 Å². The number of hydrogen-bond donors (Lipinski definition) is 5. The second-order valence-electron chi connectivity index (χ2n) is 13.2. The molecule has 186 valence electrons. The summed E-state index contributed by atoms with van der Waals surface area (Å²) in [6, 6.07) is 0.